The molecule has 2 aliphatic rings. The van der Waals surface area contributed by atoms with Crippen LogP contribution >= 0.6 is 23.4 Å². The predicted octanol–water partition coefficient (Wildman–Crippen LogP) is 5.64. The number of hydrogen-bond acceptors (Lipinski definition) is 3. The van der Waals surface area contributed by atoms with Crippen LogP contribution in [0.15, 0.2) is 18.2 Å². The Bertz CT molecular complexity index is 642. The molecule has 162 valence electrons. The van der Waals surface area contributed by atoms with Crippen molar-refractivity contribution in [1.82, 2.24) is 10.6 Å². The highest BCUT2D eigenvalue weighted by molar-refractivity contribution is 7.98. The summed E-state index contributed by atoms with van der Waals surface area (Å²) in [5.74, 6) is 2.02. The maximum atomic E-state index is 12.9. The lowest BCUT2D eigenvalue weighted by Gasteiger charge is -2.45. The molecule has 0 spiro atoms. The summed E-state index contributed by atoms with van der Waals surface area (Å²) in [5.41, 5.74) is 2.16. The third-order valence-electron chi connectivity index (χ3n) is 6.56. The Morgan fingerprint density at radius 1 is 1.24 bits per heavy atom. The molecule has 1 amide bonds. The molecule has 3 nitrogen and oxygen atoms in total. The number of halogens is 1. The van der Waals surface area contributed by atoms with Crippen LogP contribution in [0.5, 0.6) is 0 Å². The zero-order chi connectivity index (χ0) is 19.8. The maximum absolute atomic E-state index is 12.9. The largest absolute Gasteiger partial charge is 0.351 e. The monoisotopic (exact) mass is 436 g/mol. The molecule has 1 aromatic rings. The van der Waals surface area contributed by atoms with Gasteiger partial charge in [0.25, 0.3) is 5.91 Å². The lowest BCUT2D eigenvalue weighted by Crippen LogP contribution is -2.43. The summed E-state index contributed by atoms with van der Waals surface area (Å²) >= 11 is 8.22. The molecule has 5 heteroatoms. The Kier molecular flexibility index (Phi) is 10.3. The maximum Gasteiger partial charge on any atom is 0.252 e. The smallest absolute Gasteiger partial charge is 0.252 e. The van der Waals surface area contributed by atoms with Gasteiger partial charge in [-0.25, -0.2) is 0 Å². The van der Waals surface area contributed by atoms with E-state index < -0.39 is 0 Å². The number of fused-ring (bicyclic) bond motifs is 2. The first-order chi connectivity index (χ1) is 13.6. The van der Waals surface area contributed by atoms with E-state index in [0.717, 1.165) is 44.1 Å². The minimum absolute atomic E-state index is 0. The van der Waals surface area contributed by atoms with E-state index in [-0.39, 0.29) is 13.3 Å². The molecule has 29 heavy (non-hydrogen) atoms. The van der Waals surface area contributed by atoms with Gasteiger partial charge in [0, 0.05) is 18.8 Å². The second kappa shape index (κ2) is 12.2. The van der Waals surface area contributed by atoms with Gasteiger partial charge >= 0.3 is 0 Å². The molecule has 0 atom stereocenters. The highest BCUT2D eigenvalue weighted by Gasteiger charge is 2.39. The molecule has 0 aromatic heterocycles. The summed E-state index contributed by atoms with van der Waals surface area (Å²) in [7, 11) is 0. The molecule has 0 heterocycles. The Morgan fingerprint density at radius 2 is 2.00 bits per heavy atom. The minimum atomic E-state index is -0.00739. The van der Waals surface area contributed by atoms with Gasteiger partial charge in [-0.1, -0.05) is 50.8 Å². The van der Waals surface area contributed by atoms with Gasteiger partial charge in [-0.05, 0) is 73.9 Å². The summed E-state index contributed by atoms with van der Waals surface area (Å²) in [6.07, 6.45) is 13.4. The van der Waals surface area contributed by atoms with Crippen molar-refractivity contribution in [3.05, 3.63) is 41.8 Å². The van der Waals surface area contributed by atoms with Crippen molar-refractivity contribution in [2.75, 3.05) is 31.6 Å². The van der Waals surface area contributed by atoms with Crippen LogP contribution < -0.4 is 10.6 Å². The van der Waals surface area contributed by atoms with E-state index in [1.165, 1.54) is 50.5 Å². The molecule has 2 saturated carbocycles. The average Bonchev–Trinajstić information content (AvgIpc) is 2.70. The van der Waals surface area contributed by atoms with E-state index in [1.54, 1.807) is 0 Å². The van der Waals surface area contributed by atoms with Gasteiger partial charge in [0.05, 0.1) is 10.6 Å². The Labute approximate surface area is 187 Å². The Morgan fingerprint density at radius 3 is 2.72 bits per heavy atom. The summed E-state index contributed by atoms with van der Waals surface area (Å²) in [5, 5.41) is 7.25. The lowest BCUT2D eigenvalue weighted by molar-refractivity contribution is 0.0682. The second-order valence-corrected chi connectivity index (χ2v) is 10.1. The number of nitrogens with one attached hydrogen (secondary N) is 2. The van der Waals surface area contributed by atoms with Gasteiger partial charge < -0.3 is 10.6 Å². The van der Waals surface area contributed by atoms with Gasteiger partial charge in [0.15, 0.2) is 0 Å². The molecule has 2 aliphatic carbocycles. The van der Waals surface area contributed by atoms with Crippen molar-refractivity contribution in [3.8, 4) is 0 Å². The predicted molar refractivity (Wildman–Crippen MR) is 127 cm³/mol. The molecule has 3 rings (SSSR count). The van der Waals surface area contributed by atoms with Gasteiger partial charge in [0.2, 0.25) is 0 Å². The highest BCUT2D eigenvalue weighted by Crippen LogP contribution is 2.48. The Balaban J connectivity index is 0.00000300. The SMILES string of the molecule is CSCCNCCCc1ccc(Cl)c(C(=O)NCC23CCCC(CCC2)C3)c1.[CH2]. The quantitative estimate of drug-likeness (QED) is 0.466. The fraction of sp³-hybridized carbons (Fsp3) is 0.667. The van der Waals surface area contributed by atoms with Crippen molar-refractivity contribution in [1.29, 1.82) is 0 Å². The van der Waals surface area contributed by atoms with E-state index in [9.17, 15) is 4.79 Å². The van der Waals surface area contributed by atoms with E-state index in [1.807, 2.05) is 30.0 Å². The molecule has 2 N–H and O–H groups in total. The van der Waals surface area contributed by atoms with Gasteiger partial charge in [-0.3, -0.25) is 4.79 Å². The third-order valence-corrected chi connectivity index (χ3v) is 7.50. The lowest BCUT2D eigenvalue weighted by atomic mass is 9.62. The molecule has 2 fully saturated rings. The number of thioether (sulfide) groups is 1. The minimum Gasteiger partial charge on any atom is -0.351 e. The van der Waals surface area contributed by atoms with Gasteiger partial charge in [0.1, 0.15) is 0 Å². The molecular weight excluding hydrogens is 400 g/mol. The van der Waals surface area contributed by atoms with Crippen LogP contribution in [0.25, 0.3) is 0 Å². The van der Waals surface area contributed by atoms with E-state index >= 15 is 0 Å². The number of rotatable bonds is 10. The molecule has 2 radical (unpaired) electrons. The summed E-state index contributed by atoms with van der Waals surface area (Å²) < 4.78 is 0. The molecule has 0 saturated heterocycles. The Hall–Kier alpha value is -0.710. The van der Waals surface area contributed by atoms with Crippen LogP contribution in [-0.4, -0.2) is 37.6 Å². The van der Waals surface area contributed by atoms with Crippen LogP contribution in [0, 0.1) is 18.8 Å². The second-order valence-electron chi connectivity index (χ2n) is 8.70. The number of carbonyl (C=O) groups is 1. The summed E-state index contributed by atoms with van der Waals surface area (Å²) in [6.45, 7) is 2.87. The number of benzene rings is 1. The van der Waals surface area contributed by atoms with Crippen molar-refractivity contribution >= 4 is 29.3 Å². The molecule has 0 aliphatic heterocycles. The normalized spacial score (nSPS) is 23.3. The number of amides is 1. The molecular formula is C24H37ClN2OS. The zero-order valence-corrected chi connectivity index (χ0v) is 19.5. The third kappa shape index (κ3) is 7.18. The van der Waals surface area contributed by atoms with Gasteiger partial charge in [-0.2, -0.15) is 11.8 Å². The van der Waals surface area contributed by atoms with Crippen LogP contribution in [0.2, 0.25) is 5.02 Å². The fourth-order valence-electron chi connectivity index (χ4n) is 5.05. The topological polar surface area (TPSA) is 41.1 Å². The molecule has 1 aromatic carbocycles. The number of hydrogen-bond donors (Lipinski definition) is 2. The van der Waals surface area contributed by atoms with E-state index in [2.05, 4.69) is 16.9 Å². The highest BCUT2D eigenvalue weighted by atomic mass is 35.5. The summed E-state index contributed by atoms with van der Waals surface area (Å²) in [6, 6.07) is 5.91. The zero-order valence-electron chi connectivity index (χ0n) is 17.9. The van der Waals surface area contributed by atoms with Crippen LogP contribution in [0.1, 0.15) is 67.3 Å². The average molecular weight is 437 g/mol. The van der Waals surface area contributed by atoms with Crippen molar-refractivity contribution in [3.63, 3.8) is 0 Å². The number of carbonyl (C=O) groups excluding carboxylic acids is 1. The molecule has 2 bridgehead atoms. The molecule has 0 unspecified atom stereocenters. The van der Waals surface area contributed by atoms with E-state index in [0.29, 0.717) is 16.0 Å². The first-order valence-corrected chi connectivity index (χ1v) is 12.7. The van der Waals surface area contributed by atoms with E-state index in [4.69, 9.17) is 11.6 Å². The first kappa shape index (κ1) is 24.6. The van der Waals surface area contributed by atoms with Crippen molar-refractivity contribution < 1.29 is 4.79 Å². The van der Waals surface area contributed by atoms with Crippen molar-refractivity contribution in [2.24, 2.45) is 11.3 Å². The fourth-order valence-corrected chi connectivity index (χ4v) is 5.60. The van der Waals surface area contributed by atoms with Gasteiger partial charge in [-0.15, -0.1) is 0 Å². The van der Waals surface area contributed by atoms with Crippen LogP contribution in [0.3, 0.4) is 0 Å². The summed E-state index contributed by atoms with van der Waals surface area (Å²) in [4.78, 5) is 12.9. The standard InChI is InChI=1S/C23H35ClN2OS.CH2/c1-28-14-13-25-12-4-7-18-8-9-21(24)20(15-18)22(27)26-17-23-10-2-5-19(16-23)6-3-11-23;/h8-9,15,19,25H,2-7,10-14,16-17H2,1H3,(H,26,27);1H2. The van der Waals surface area contributed by atoms with Crippen molar-refractivity contribution in [2.45, 2.75) is 57.8 Å². The number of aryl methyl sites for hydroxylation is 1. The first-order valence-electron chi connectivity index (χ1n) is 10.9. The van der Waals surface area contributed by atoms with Crippen LogP contribution in [0.4, 0.5) is 0 Å². The van der Waals surface area contributed by atoms with Crippen LogP contribution in [-0.2, 0) is 6.42 Å².